The van der Waals surface area contributed by atoms with E-state index in [0.717, 1.165) is 5.56 Å². The predicted octanol–water partition coefficient (Wildman–Crippen LogP) is 2.64. The van der Waals surface area contributed by atoms with Gasteiger partial charge in [0.25, 0.3) is 5.89 Å². The SMILES string of the molecule is CCS(=O)(=O)c1c(-c2nc3cc(C)cnc3o2)nc2ccccn12. The zero-order valence-corrected chi connectivity index (χ0v) is 13.9. The standard InChI is InChI=1S/C16H14N4O3S/c1-3-24(21,22)16-13(19-12-6-4-5-7-20(12)16)15-18-11-8-10(2)9-17-14(11)23-15/h4-9H,3H2,1-2H3. The first-order chi connectivity index (χ1) is 11.5. The van der Waals surface area contributed by atoms with E-state index in [4.69, 9.17) is 4.42 Å². The molecule has 0 radical (unpaired) electrons. The number of hydrogen-bond acceptors (Lipinski definition) is 6. The number of fused-ring (bicyclic) bond motifs is 2. The number of rotatable bonds is 3. The molecule has 0 amide bonds. The van der Waals surface area contributed by atoms with Crippen molar-refractivity contribution in [2.24, 2.45) is 0 Å². The number of aryl methyl sites for hydroxylation is 1. The maximum Gasteiger partial charge on any atom is 0.251 e. The smallest absolute Gasteiger partial charge is 0.251 e. The summed E-state index contributed by atoms with van der Waals surface area (Å²) in [6.07, 6.45) is 3.34. The highest BCUT2D eigenvalue weighted by Gasteiger charge is 2.27. The van der Waals surface area contributed by atoms with Gasteiger partial charge < -0.3 is 4.42 Å². The van der Waals surface area contributed by atoms with Gasteiger partial charge in [0.2, 0.25) is 5.71 Å². The van der Waals surface area contributed by atoms with Gasteiger partial charge in [-0.1, -0.05) is 13.0 Å². The molecule has 4 heterocycles. The van der Waals surface area contributed by atoms with Gasteiger partial charge in [0.15, 0.2) is 20.6 Å². The van der Waals surface area contributed by atoms with Gasteiger partial charge in [-0.25, -0.2) is 23.4 Å². The van der Waals surface area contributed by atoms with Crippen LogP contribution < -0.4 is 0 Å². The molecule has 0 N–H and O–H groups in total. The van der Waals surface area contributed by atoms with Crippen LogP contribution in [0.4, 0.5) is 0 Å². The molecule has 24 heavy (non-hydrogen) atoms. The molecule has 4 aromatic heterocycles. The highest BCUT2D eigenvalue weighted by atomic mass is 32.2. The topological polar surface area (TPSA) is 90.4 Å². The fourth-order valence-corrected chi connectivity index (χ4v) is 3.73. The summed E-state index contributed by atoms with van der Waals surface area (Å²) in [6.45, 7) is 3.50. The van der Waals surface area contributed by atoms with Gasteiger partial charge >= 0.3 is 0 Å². The van der Waals surface area contributed by atoms with E-state index in [0.29, 0.717) is 16.9 Å². The zero-order valence-electron chi connectivity index (χ0n) is 13.1. The number of hydrogen-bond donors (Lipinski definition) is 0. The maximum absolute atomic E-state index is 12.6. The molecule has 0 spiro atoms. The molecule has 4 aromatic rings. The van der Waals surface area contributed by atoms with Gasteiger partial charge in [-0.3, -0.25) is 4.40 Å². The summed E-state index contributed by atoms with van der Waals surface area (Å²) in [6, 6.07) is 7.12. The Morgan fingerprint density at radius 2 is 2.08 bits per heavy atom. The fourth-order valence-electron chi connectivity index (χ4n) is 2.57. The van der Waals surface area contributed by atoms with Gasteiger partial charge in [-0.2, -0.15) is 0 Å². The quantitative estimate of drug-likeness (QED) is 0.568. The van der Waals surface area contributed by atoms with Gasteiger partial charge in [-0.15, -0.1) is 0 Å². The van der Waals surface area contributed by atoms with Gasteiger partial charge in [0.1, 0.15) is 11.2 Å². The maximum atomic E-state index is 12.6. The second-order valence-electron chi connectivity index (χ2n) is 5.45. The van der Waals surface area contributed by atoms with Crippen LogP contribution >= 0.6 is 0 Å². The van der Waals surface area contributed by atoms with Crippen molar-refractivity contribution in [3.63, 3.8) is 0 Å². The summed E-state index contributed by atoms with van der Waals surface area (Å²) in [4.78, 5) is 13.0. The third-order valence-electron chi connectivity index (χ3n) is 3.75. The third kappa shape index (κ3) is 2.18. The van der Waals surface area contributed by atoms with Gasteiger partial charge in [-0.05, 0) is 30.7 Å². The lowest BCUT2D eigenvalue weighted by molar-refractivity contribution is 0.586. The molecule has 4 rings (SSSR count). The van der Waals surface area contributed by atoms with Crippen LogP contribution in [0.5, 0.6) is 0 Å². The minimum Gasteiger partial charge on any atom is -0.416 e. The molecule has 0 aromatic carbocycles. The van der Waals surface area contributed by atoms with Crippen molar-refractivity contribution in [1.82, 2.24) is 19.4 Å². The molecule has 0 saturated carbocycles. The van der Waals surface area contributed by atoms with Crippen molar-refractivity contribution in [3.05, 3.63) is 42.2 Å². The second-order valence-corrected chi connectivity index (χ2v) is 7.65. The Bertz CT molecular complexity index is 1170. The van der Waals surface area contributed by atoms with E-state index in [9.17, 15) is 8.42 Å². The van der Waals surface area contributed by atoms with Crippen LogP contribution in [0.1, 0.15) is 12.5 Å². The first-order valence-corrected chi connectivity index (χ1v) is 9.08. The number of sulfone groups is 1. The number of aromatic nitrogens is 4. The van der Waals surface area contributed by atoms with Crippen LogP contribution in [0.3, 0.4) is 0 Å². The number of pyridine rings is 2. The van der Waals surface area contributed by atoms with E-state index in [-0.39, 0.29) is 22.4 Å². The Balaban J connectivity index is 2.06. The number of imidazole rings is 1. The first-order valence-electron chi connectivity index (χ1n) is 7.43. The van der Waals surface area contributed by atoms with Crippen molar-refractivity contribution >= 4 is 26.7 Å². The summed E-state index contributed by atoms with van der Waals surface area (Å²) in [7, 11) is -3.53. The molecule has 0 fully saturated rings. The molecule has 0 aliphatic rings. The number of oxazole rings is 1. The summed E-state index contributed by atoms with van der Waals surface area (Å²) in [5.74, 6) is 0.110. The van der Waals surface area contributed by atoms with Gasteiger partial charge in [0, 0.05) is 12.4 Å². The molecule has 0 saturated heterocycles. The van der Waals surface area contributed by atoms with E-state index in [1.165, 1.54) is 0 Å². The van der Waals surface area contributed by atoms with E-state index < -0.39 is 9.84 Å². The Kier molecular flexibility index (Phi) is 3.17. The minimum absolute atomic E-state index is 0.0414. The number of nitrogens with zero attached hydrogens (tertiary/aromatic N) is 4. The van der Waals surface area contributed by atoms with Crippen LogP contribution in [0, 0.1) is 6.92 Å². The summed E-state index contributed by atoms with van der Waals surface area (Å²) < 4.78 is 32.4. The van der Waals surface area contributed by atoms with E-state index in [1.807, 2.05) is 13.0 Å². The highest BCUT2D eigenvalue weighted by molar-refractivity contribution is 7.91. The Morgan fingerprint density at radius 1 is 1.25 bits per heavy atom. The van der Waals surface area contributed by atoms with Crippen molar-refractivity contribution < 1.29 is 12.8 Å². The first kappa shape index (κ1) is 14.8. The molecule has 8 heteroatoms. The molecule has 0 atom stereocenters. The average molecular weight is 342 g/mol. The minimum atomic E-state index is -3.53. The molecule has 0 unspecified atom stereocenters. The van der Waals surface area contributed by atoms with Gasteiger partial charge in [0.05, 0.1) is 5.75 Å². The normalized spacial score (nSPS) is 12.2. The largest absolute Gasteiger partial charge is 0.416 e. The van der Waals surface area contributed by atoms with Crippen molar-refractivity contribution in [1.29, 1.82) is 0 Å². The van der Waals surface area contributed by atoms with Crippen molar-refractivity contribution in [2.45, 2.75) is 18.9 Å². The molecule has 0 bridgehead atoms. The Hall–Kier alpha value is -2.74. The van der Waals surface area contributed by atoms with Crippen LogP contribution in [0.2, 0.25) is 0 Å². The van der Waals surface area contributed by atoms with Crippen molar-refractivity contribution in [2.75, 3.05) is 5.75 Å². The fraction of sp³-hybridized carbons (Fsp3) is 0.188. The summed E-state index contributed by atoms with van der Waals surface area (Å²) in [5.41, 5.74) is 2.60. The summed E-state index contributed by atoms with van der Waals surface area (Å²) in [5, 5.41) is 0.0869. The Labute approximate surface area is 137 Å². The van der Waals surface area contributed by atoms with Crippen LogP contribution in [-0.2, 0) is 9.84 Å². The third-order valence-corrected chi connectivity index (χ3v) is 5.49. The molecule has 7 nitrogen and oxygen atoms in total. The van der Waals surface area contributed by atoms with E-state index >= 15 is 0 Å². The zero-order chi connectivity index (χ0) is 16.9. The lowest BCUT2D eigenvalue weighted by Gasteiger charge is -2.02. The van der Waals surface area contributed by atoms with Crippen LogP contribution in [0.25, 0.3) is 28.5 Å². The van der Waals surface area contributed by atoms with Crippen LogP contribution in [0.15, 0.2) is 46.1 Å². The van der Waals surface area contributed by atoms with Crippen molar-refractivity contribution in [3.8, 4) is 11.6 Å². The van der Waals surface area contributed by atoms with E-state index in [2.05, 4.69) is 15.0 Å². The average Bonchev–Trinajstić information content (AvgIpc) is 3.15. The lowest BCUT2D eigenvalue weighted by atomic mass is 10.3. The molecular formula is C16H14N4O3S. The lowest BCUT2D eigenvalue weighted by Crippen LogP contribution is -2.08. The van der Waals surface area contributed by atoms with E-state index in [1.54, 1.807) is 41.9 Å². The molecule has 0 aliphatic carbocycles. The molecular weight excluding hydrogens is 328 g/mol. The monoisotopic (exact) mass is 342 g/mol. The Morgan fingerprint density at radius 3 is 2.88 bits per heavy atom. The summed E-state index contributed by atoms with van der Waals surface area (Å²) >= 11 is 0. The second kappa shape index (κ2) is 5.13. The molecule has 0 aliphatic heterocycles. The van der Waals surface area contributed by atoms with Crippen LogP contribution in [-0.4, -0.2) is 33.5 Å². The molecule has 122 valence electrons. The predicted molar refractivity (Wildman–Crippen MR) is 88.5 cm³/mol. The highest BCUT2D eigenvalue weighted by Crippen LogP contribution is 2.30.